The standard InChI is InChI=1S/C12H15NO2/c1-8(9-2-3-9)13-10-4-5-11-12(6-10)15-7-14-11/h4-6,8-9,13H,2-3,7H2,1H3/t8-/m1/s1. The monoisotopic (exact) mass is 205 g/mol. The van der Waals surface area contributed by atoms with Crippen LogP contribution in [0.2, 0.25) is 0 Å². The molecule has 1 N–H and O–H groups in total. The molecule has 3 heteroatoms. The van der Waals surface area contributed by atoms with Crippen molar-refractivity contribution in [1.29, 1.82) is 0 Å². The Hall–Kier alpha value is -1.38. The Morgan fingerprint density at radius 3 is 2.87 bits per heavy atom. The topological polar surface area (TPSA) is 30.5 Å². The fourth-order valence-corrected chi connectivity index (χ4v) is 1.96. The van der Waals surface area contributed by atoms with Crippen LogP contribution in [0.15, 0.2) is 18.2 Å². The molecule has 1 aromatic rings. The van der Waals surface area contributed by atoms with Crippen molar-refractivity contribution < 1.29 is 9.47 Å². The van der Waals surface area contributed by atoms with Crippen LogP contribution in [0.25, 0.3) is 0 Å². The lowest BCUT2D eigenvalue weighted by molar-refractivity contribution is 0.174. The van der Waals surface area contributed by atoms with Crippen molar-refractivity contribution in [2.75, 3.05) is 12.1 Å². The summed E-state index contributed by atoms with van der Waals surface area (Å²) in [7, 11) is 0. The molecule has 80 valence electrons. The number of fused-ring (bicyclic) bond motifs is 1. The fraction of sp³-hybridized carbons (Fsp3) is 0.500. The molecule has 0 aromatic heterocycles. The largest absolute Gasteiger partial charge is 0.454 e. The molecule has 1 saturated carbocycles. The molecule has 0 spiro atoms. The second-order valence-electron chi connectivity index (χ2n) is 4.34. The first-order chi connectivity index (χ1) is 7.33. The Kier molecular flexibility index (Phi) is 1.97. The number of hydrogen-bond acceptors (Lipinski definition) is 3. The highest BCUT2D eigenvalue weighted by Gasteiger charge is 2.28. The molecule has 0 radical (unpaired) electrons. The van der Waals surface area contributed by atoms with Gasteiger partial charge in [-0.25, -0.2) is 0 Å². The van der Waals surface area contributed by atoms with Gasteiger partial charge in [0.2, 0.25) is 6.79 Å². The zero-order valence-corrected chi connectivity index (χ0v) is 8.82. The van der Waals surface area contributed by atoms with Gasteiger partial charge in [0.15, 0.2) is 11.5 Å². The third-order valence-corrected chi connectivity index (χ3v) is 3.10. The maximum absolute atomic E-state index is 5.33. The van der Waals surface area contributed by atoms with Crippen LogP contribution >= 0.6 is 0 Å². The molecule has 1 heterocycles. The molecule has 0 unspecified atom stereocenters. The highest BCUT2D eigenvalue weighted by atomic mass is 16.7. The molecule has 1 aliphatic heterocycles. The van der Waals surface area contributed by atoms with Crippen molar-refractivity contribution in [2.24, 2.45) is 5.92 Å². The van der Waals surface area contributed by atoms with E-state index >= 15 is 0 Å². The van der Waals surface area contributed by atoms with Gasteiger partial charge in [-0.3, -0.25) is 0 Å². The van der Waals surface area contributed by atoms with Crippen LogP contribution in [-0.2, 0) is 0 Å². The summed E-state index contributed by atoms with van der Waals surface area (Å²) in [6.45, 7) is 2.58. The summed E-state index contributed by atoms with van der Waals surface area (Å²) in [5.41, 5.74) is 1.12. The normalized spacial score (nSPS) is 20.1. The van der Waals surface area contributed by atoms with Crippen LogP contribution in [-0.4, -0.2) is 12.8 Å². The predicted molar refractivity (Wildman–Crippen MR) is 58.4 cm³/mol. The van der Waals surface area contributed by atoms with E-state index in [4.69, 9.17) is 9.47 Å². The summed E-state index contributed by atoms with van der Waals surface area (Å²) >= 11 is 0. The smallest absolute Gasteiger partial charge is 0.231 e. The van der Waals surface area contributed by atoms with Gasteiger partial charge in [0.25, 0.3) is 0 Å². The highest BCUT2D eigenvalue weighted by Crippen LogP contribution is 2.37. The molecule has 0 bridgehead atoms. The van der Waals surface area contributed by atoms with E-state index in [-0.39, 0.29) is 0 Å². The summed E-state index contributed by atoms with van der Waals surface area (Å²) in [4.78, 5) is 0. The summed E-state index contributed by atoms with van der Waals surface area (Å²) in [6.07, 6.45) is 2.72. The van der Waals surface area contributed by atoms with Crippen molar-refractivity contribution in [2.45, 2.75) is 25.8 Å². The summed E-state index contributed by atoms with van der Waals surface area (Å²) in [6, 6.07) is 6.59. The van der Waals surface area contributed by atoms with Crippen molar-refractivity contribution in [1.82, 2.24) is 0 Å². The Balaban J connectivity index is 1.74. The molecule has 3 nitrogen and oxygen atoms in total. The van der Waals surface area contributed by atoms with E-state index in [0.29, 0.717) is 12.8 Å². The van der Waals surface area contributed by atoms with Gasteiger partial charge < -0.3 is 14.8 Å². The first kappa shape index (κ1) is 8.89. The number of benzene rings is 1. The molecule has 2 aliphatic rings. The molecular formula is C12H15NO2. The SMILES string of the molecule is C[C@@H](Nc1ccc2c(c1)OCO2)C1CC1. The van der Waals surface area contributed by atoms with E-state index in [0.717, 1.165) is 23.1 Å². The number of ether oxygens (including phenoxy) is 2. The van der Waals surface area contributed by atoms with Crippen molar-refractivity contribution in [3.8, 4) is 11.5 Å². The lowest BCUT2D eigenvalue weighted by Gasteiger charge is -2.14. The quantitative estimate of drug-likeness (QED) is 0.822. The van der Waals surface area contributed by atoms with Gasteiger partial charge in [0.1, 0.15) is 0 Å². The molecule has 1 aromatic carbocycles. The Morgan fingerprint density at radius 2 is 2.07 bits per heavy atom. The van der Waals surface area contributed by atoms with E-state index in [1.807, 2.05) is 18.2 Å². The van der Waals surface area contributed by atoms with Crippen LogP contribution in [0.5, 0.6) is 11.5 Å². The number of anilines is 1. The van der Waals surface area contributed by atoms with E-state index in [9.17, 15) is 0 Å². The fourth-order valence-electron chi connectivity index (χ4n) is 1.96. The van der Waals surface area contributed by atoms with Crippen LogP contribution in [0, 0.1) is 5.92 Å². The predicted octanol–water partition coefficient (Wildman–Crippen LogP) is 2.63. The molecule has 1 atom stereocenters. The summed E-state index contributed by atoms with van der Waals surface area (Å²) in [5.74, 6) is 2.55. The van der Waals surface area contributed by atoms with Gasteiger partial charge in [0.05, 0.1) is 0 Å². The summed E-state index contributed by atoms with van der Waals surface area (Å²) < 4.78 is 10.6. The van der Waals surface area contributed by atoms with Crippen molar-refractivity contribution in [3.63, 3.8) is 0 Å². The van der Waals surface area contributed by atoms with Gasteiger partial charge >= 0.3 is 0 Å². The van der Waals surface area contributed by atoms with Crippen LogP contribution in [0.3, 0.4) is 0 Å². The van der Waals surface area contributed by atoms with Crippen molar-refractivity contribution >= 4 is 5.69 Å². The lowest BCUT2D eigenvalue weighted by atomic mass is 10.2. The Bertz CT molecular complexity index is 374. The van der Waals surface area contributed by atoms with Gasteiger partial charge in [-0.1, -0.05) is 0 Å². The zero-order valence-electron chi connectivity index (χ0n) is 8.82. The number of hydrogen-bond donors (Lipinski definition) is 1. The molecule has 0 saturated heterocycles. The van der Waals surface area contributed by atoms with E-state index < -0.39 is 0 Å². The molecule has 3 rings (SSSR count). The first-order valence-electron chi connectivity index (χ1n) is 5.49. The molecule has 0 amide bonds. The minimum atomic E-state index is 0.344. The Labute approximate surface area is 89.4 Å². The second kappa shape index (κ2) is 3.33. The number of nitrogens with one attached hydrogen (secondary N) is 1. The van der Waals surface area contributed by atoms with Crippen molar-refractivity contribution in [3.05, 3.63) is 18.2 Å². The Morgan fingerprint density at radius 1 is 1.27 bits per heavy atom. The van der Waals surface area contributed by atoms with Gasteiger partial charge in [-0.05, 0) is 37.8 Å². The highest BCUT2D eigenvalue weighted by molar-refractivity contribution is 5.56. The molecular weight excluding hydrogens is 190 g/mol. The minimum Gasteiger partial charge on any atom is -0.454 e. The maximum Gasteiger partial charge on any atom is 0.231 e. The lowest BCUT2D eigenvalue weighted by Crippen LogP contribution is -2.16. The third-order valence-electron chi connectivity index (χ3n) is 3.10. The molecule has 15 heavy (non-hydrogen) atoms. The summed E-state index contributed by atoms with van der Waals surface area (Å²) in [5, 5.41) is 3.50. The van der Waals surface area contributed by atoms with Gasteiger partial charge in [-0.2, -0.15) is 0 Å². The van der Waals surface area contributed by atoms with Crippen LogP contribution in [0.1, 0.15) is 19.8 Å². The average molecular weight is 205 g/mol. The van der Waals surface area contributed by atoms with Crippen LogP contribution < -0.4 is 14.8 Å². The van der Waals surface area contributed by atoms with E-state index in [1.165, 1.54) is 12.8 Å². The van der Waals surface area contributed by atoms with Gasteiger partial charge in [0, 0.05) is 17.8 Å². The first-order valence-corrected chi connectivity index (χ1v) is 5.49. The van der Waals surface area contributed by atoms with Gasteiger partial charge in [-0.15, -0.1) is 0 Å². The molecule has 1 fully saturated rings. The van der Waals surface area contributed by atoms with Crippen LogP contribution in [0.4, 0.5) is 5.69 Å². The van der Waals surface area contributed by atoms with E-state index in [2.05, 4.69) is 12.2 Å². The van der Waals surface area contributed by atoms with E-state index in [1.54, 1.807) is 0 Å². The third kappa shape index (κ3) is 1.74. The second-order valence-corrected chi connectivity index (χ2v) is 4.34. The zero-order chi connectivity index (χ0) is 10.3. The minimum absolute atomic E-state index is 0.344. The molecule has 1 aliphatic carbocycles. The number of rotatable bonds is 3. The average Bonchev–Trinajstić information content (AvgIpc) is 2.98. The maximum atomic E-state index is 5.33.